The fourth-order valence-corrected chi connectivity index (χ4v) is 4.72. The first-order chi connectivity index (χ1) is 19.7. The van der Waals surface area contributed by atoms with Gasteiger partial charge in [-0.3, -0.25) is 19.8 Å². The molecule has 1 aromatic heterocycles. The second-order valence-corrected chi connectivity index (χ2v) is 9.96. The van der Waals surface area contributed by atoms with Gasteiger partial charge in [-0.1, -0.05) is 31.7 Å². The SMILES string of the molecule is C=CC(=O)NCc1cc(CNC2=C(C(=N)C(=O)Nc3cccc(C)c3)CN(C(=O)c3ccc[nH]3)CC2C)ccc1F. The number of halogens is 1. The van der Waals surface area contributed by atoms with Gasteiger partial charge < -0.3 is 25.8 Å². The van der Waals surface area contributed by atoms with E-state index in [9.17, 15) is 18.8 Å². The molecule has 10 heteroatoms. The van der Waals surface area contributed by atoms with Crippen LogP contribution in [0.5, 0.6) is 0 Å². The van der Waals surface area contributed by atoms with Crippen LogP contribution in [-0.4, -0.2) is 46.4 Å². The number of aromatic nitrogens is 1. The van der Waals surface area contributed by atoms with Crippen LogP contribution < -0.4 is 16.0 Å². The summed E-state index contributed by atoms with van der Waals surface area (Å²) < 4.78 is 14.4. The second kappa shape index (κ2) is 12.9. The Morgan fingerprint density at radius 3 is 2.66 bits per heavy atom. The number of hydrogen-bond donors (Lipinski definition) is 5. The van der Waals surface area contributed by atoms with Gasteiger partial charge in [-0.15, -0.1) is 0 Å². The Labute approximate surface area is 238 Å². The molecule has 3 aromatic rings. The molecule has 2 heterocycles. The van der Waals surface area contributed by atoms with Crippen molar-refractivity contribution in [2.24, 2.45) is 5.92 Å². The summed E-state index contributed by atoms with van der Waals surface area (Å²) in [4.78, 5) is 42.4. The van der Waals surface area contributed by atoms with E-state index in [1.54, 1.807) is 41.4 Å². The minimum atomic E-state index is -0.590. The third kappa shape index (κ3) is 7.16. The Bertz CT molecular complexity index is 1510. The van der Waals surface area contributed by atoms with Gasteiger partial charge in [0.05, 0.1) is 6.54 Å². The van der Waals surface area contributed by atoms with Crippen molar-refractivity contribution in [1.82, 2.24) is 20.5 Å². The molecule has 0 aliphatic carbocycles. The molecule has 1 atom stereocenters. The topological polar surface area (TPSA) is 130 Å². The summed E-state index contributed by atoms with van der Waals surface area (Å²) in [7, 11) is 0. The largest absolute Gasteiger partial charge is 0.384 e. The maximum Gasteiger partial charge on any atom is 0.273 e. The van der Waals surface area contributed by atoms with Crippen molar-refractivity contribution < 1.29 is 18.8 Å². The van der Waals surface area contributed by atoms with Gasteiger partial charge in [0.15, 0.2) is 0 Å². The van der Waals surface area contributed by atoms with Gasteiger partial charge >= 0.3 is 0 Å². The number of carbonyl (C=O) groups is 3. The summed E-state index contributed by atoms with van der Waals surface area (Å²) >= 11 is 0. The zero-order chi connectivity index (χ0) is 29.5. The van der Waals surface area contributed by atoms with E-state index in [0.717, 1.165) is 17.2 Å². The quantitative estimate of drug-likeness (QED) is 0.190. The highest BCUT2D eigenvalue weighted by atomic mass is 19.1. The van der Waals surface area contributed by atoms with E-state index in [1.807, 2.05) is 32.0 Å². The van der Waals surface area contributed by atoms with Crippen LogP contribution in [0.2, 0.25) is 0 Å². The third-order valence-electron chi connectivity index (χ3n) is 6.81. The van der Waals surface area contributed by atoms with Gasteiger partial charge in [-0.2, -0.15) is 0 Å². The van der Waals surface area contributed by atoms with Crippen LogP contribution in [0.25, 0.3) is 0 Å². The van der Waals surface area contributed by atoms with E-state index in [0.29, 0.717) is 34.8 Å². The molecule has 212 valence electrons. The standard InChI is InChI=1S/C31H33FN6O3/c1-4-27(39)35-16-22-14-21(10-11-25(22)32)15-36-29-20(3)17-38(31(41)26-9-6-12-34-26)18-24(29)28(33)30(40)37-23-8-5-7-19(2)13-23/h4-14,20,33-34,36H,1,15-18H2,2-3H3,(H,35,39)(H,37,40). The first-order valence-electron chi connectivity index (χ1n) is 13.2. The zero-order valence-electron chi connectivity index (χ0n) is 23.0. The van der Waals surface area contributed by atoms with Crippen molar-refractivity contribution in [3.8, 4) is 0 Å². The average molecular weight is 557 g/mol. The molecule has 0 saturated carbocycles. The highest BCUT2D eigenvalue weighted by Gasteiger charge is 2.32. The minimum Gasteiger partial charge on any atom is -0.384 e. The first kappa shape index (κ1) is 29.0. The molecule has 1 aliphatic rings. The van der Waals surface area contributed by atoms with Crippen LogP contribution in [0.4, 0.5) is 10.1 Å². The van der Waals surface area contributed by atoms with Crippen molar-refractivity contribution in [1.29, 1.82) is 5.41 Å². The van der Waals surface area contributed by atoms with E-state index in [-0.39, 0.29) is 37.2 Å². The first-order valence-corrected chi connectivity index (χ1v) is 13.2. The van der Waals surface area contributed by atoms with E-state index >= 15 is 0 Å². The molecular weight excluding hydrogens is 523 g/mol. The van der Waals surface area contributed by atoms with Gasteiger partial charge in [0.1, 0.15) is 17.2 Å². The summed E-state index contributed by atoms with van der Waals surface area (Å²) in [6.07, 6.45) is 2.79. The fraction of sp³-hybridized carbons (Fsp3) is 0.226. The van der Waals surface area contributed by atoms with Crippen LogP contribution >= 0.6 is 0 Å². The molecule has 4 rings (SSSR count). The number of carbonyl (C=O) groups excluding carboxylic acids is 3. The molecule has 0 saturated heterocycles. The summed E-state index contributed by atoms with van der Waals surface area (Å²) in [6.45, 7) is 7.95. The maximum absolute atomic E-state index is 14.4. The fourth-order valence-electron chi connectivity index (χ4n) is 4.72. The number of H-pyrrole nitrogens is 1. The lowest BCUT2D eigenvalue weighted by Crippen LogP contribution is -2.46. The average Bonchev–Trinajstić information content (AvgIpc) is 3.50. The molecule has 3 amide bonds. The number of anilines is 1. The summed E-state index contributed by atoms with van der Waals surface area (Å²) in [5.41, 5.74) is 3.83. The lowest BCUT2D eigenvalue weighted by molar-refractivity contribution is -0.116. The van der Waals surface area contributed by atoms with Crippen molar-refractivity contribution in [2.45, 2.75) is 26.9 Å². The Balaban J connectivity index is 1.59. The van der Waals surface area contributed by atoms with E-state index < -0.39 is 17.6 Å². The number of aryl methyl sites for hydroxylation is 1. The van der Waals surface area contributed by atoms with Gasteiger partial charge in [-0.25, -0.2) is 4.39 Å². The number of rotatable bonds is 10. The van der Waals surface area contributed by atoms with Gasteiger partial charge in [0, 0.05) is 54.3 Å². The predicted molar refractivity (Wildman–Crippen MR) is 156 cm³/mol. The lowest BCUT2D eigenvalue weighted by atomic mass is 9.92. The summed E-state index contributed by atoms with van der Waals surface area (Å²) in [5.74, 6) is -1.89. The van der Waals surface area contributed by atoms with Crippen molar-refractivity contribution in [3.05, 3.63) is 113 Å². The molecule has 0 spiro atoms. The molecule has 5 N–H and O–H groups in total. The second-order valence-electron chi connectivity index (χ2n) is 9.96. The number of aromatic amines is 1. The summed E-state index contributed by atoms with van der Waals surface area (Å²) in [5, 5.41) is 17.5. The van der Waals surface area contributed by atoms with Crippen molar-refractivity contribution in [2.75, 3.05) is 18.4 Å². The maximum atomic E-state index is 14.4. The van der Waals surface area contributed by atoms with Crippen LogP contribution in [0.1, 0.15) is 34.1 Å². The number of hydrogen-bond acceptors (Lipinski definition) is 5. The zero-order valence-corrected chi connectivity index (χ0v) is 23.0. The van der Waals surface area contributed by atoms with Crippen molar-refractivity contribution >= 4 is 29.1 Å². The van der Waals surface area contributed by atoms with Crippen LogP contribution in [-0.2, 0) is 22.7 Å². The number of nitrogens with zero attached hydrogens (tertiary/aromatic N) is 1. The predicted octanol–water partition coefficient (Wildman–Crippen LogP) is 4.06. The Morgan fingerprint density at radius 2 is 1.95 bits per heavy atom. The normalized spacial score (nSPS) is 14.8. The molecule has 1 aliphatic heterocycles. The number of amides is 3. The van der Waals surface area contributed by atoms with Crippen LogP contribution in [0.3, 0.4) is 0 Å². The molecular formula is C31H33FN6O3. The van der Waals surface area contributed by atoms with E-state index in [1.165, 1.54) is 6.07 Å². The number of nitrogens with one attached hydrogen (secondary N) is 5. The molecule has 0 fully saturated rings. The van der Waals surface area contributed by atoms with Gasteiger partial charge in [-0.05, 0) is 60.5 Å². The molecule has 2 aromatic carbocycles. The molecule has 0 bridgehead atoms. The smallest absolute Gasteiger partial charge is 0.273 e. The Kier molecular flexibility index (Phi) is 9.13. The number of benzene rings is 2. The van der Waals surface area contributed by atoms with Crippen molar-refractivity contribution in [3.63, 3.8) is 0 Å². The van der Waals surface area contributed by atoms with Gasteiger partial charge in [0.25, 0.3) is 11.8 Å². The Morgan fingerprint density at radius 1 is 1.15 bits per heavy atom. The van der Waals surface area contributed by atoms with Gasteiger partial charge in [0.2, 0.25) is 5.91 Å². The highest BCUT2D eigenvalue weighted by molar-refractivity contribution is 6.48. The third-order valence-corrected chi connectivity index (χ3v) is 6.81. The Hall–Kier alpha value is -4.99. The molecule has 9 nitrogen and oxygen atoms in total. The monoisotopic (exact) mass is 556 g/mol. The molecule has 0 radical (unpaired) electrons. The van der Waals surface area contributed by atoms with E-state index in [4.69, 9.17) is 5.41 Å². The lowest BCUT2D eigenvalue weighted by Gasteiger charge is -2.35. The molecule has 1 unspecified atom stereocenters. The summed E-state index contributed by atoms with van der Waals surface area (Å²) in [6, 6.07) is 15.3. The highest BCUT2D eigenvalue weighted by Crippen LogP contribution is 2.25. The van der Waals surface area contributed by atoms with Crippen LogP contribution in [0.15, 0.2) is 84.7 Å². The van der Waals surface area contributed by atoms with Crippen LogP contribution in [0, 0.1) is 24.1 Å². The molecule has 41 heavy (non-hydrogen) atoms. The minimum absolute atomic E-state index is 0.00840. The van der Waals surface area contributed by atoms with E-state index in [2.05, 4.69) is 27.5 Å².